The number of likely N-dealkylation sites (tertiary alicyclic amines) is 1. The van der Waals surface area contributed by atoms with E-state index in [1.807, 2.05) is 33.9 Å². The van der Waals surface area contributed by atoms with Gasteiger partial charge < -0.3 is 9.84 Å². The molecule has 0 radical (unpaired) electrons. The van der Waals surface area contributed by atoms with Gasteiger partial charge in [0.25, 0.3) is 5.91 Å². The number of nitrogens with one attached hydrogen (secondary N) is 1. The minimum Gasteiger partial charge on any atom is -0.349 e. The van der Waals surface area contributed by atoms with Gasteiger partial charge in [0.05, 0.1) is 16.7 Å². The lowest BCUT2D eigenvalue weighted by Crippen LogP contribution is -2.38. The number of fused-ring (bicyclic) bond motifs is 1. The molecule has 5 rings (SSSR count). The fourth-order valence-electron chi connectivity index (χ4n) is 5.74. The fraction of sp³-hybridized carbons (Fsp3) is 0.500. The summed E-state index contributed by atoms with van der Waals surface area (Å²) in [6.07, 6.45) is 1.70. The minimum absolute atomic E-state index is 0.0453. The van der Waals surface area contributed by atoms with E-state index in [0.29, 0.717) is 23.2 Å². The Morgan fingerprint density at radius 3 is 2.69 bits per heavy atom. The first-order valence-corrected chi connectivity index (χ1v) is 11.2. The number of nitrogens with zero attached hydrogens (tertiary/aromatic N) is 5. The number of rotatable bonds is 5. The Morgan fingerprint density at radius 2 is 2.03 bits per heavy atom. The van der Waals surface area contributed by atoms with E-state index < -0.39 is 0 Å². The van der Waals surface area contributed by atoms with Gasteiger partial charge in [-0.15, -0.1) is 0 Å². The van der Waals surface area contributed by atoms with Gasteiger partial charge >= 0.3 is 0 Å². The van der Waals surface area contributed by atoms with Gasteiger partial charge in [0, 0.05) is 38.4 Å². The second kappa shape index (κ2) is 7.85. The summed E-state index contributed by atoms with van der Waals surface area (Å²) < 4.78 is 7.48. The van der Waals surface area contributed by atoms with Crippen molar-refractivity contribution < 1.29 is 9.32 Å². The van der Waals surface area contributed by atoms with Crippen molar-refractivity contribution in [2.45, 2.75) is 51.6 Å². The Hall–Kier alpha value is -3.00. The third kappa shape index (κ3) is 3.52. The molecule has 1 N–H and O–H groups in total. The van der Waals surface area contributed by atoms with Crippen LogP contribution in [0.15, 0.2) is 34.9 Å². The van der Waals surface area contributed by atoms with E-state index in [0.717, 1.165) is 43.9 Å². The molecule has 2 aliphatic rings. The van der Waals surface area contributed by atoms with Crippen molar-refractivity contribution in [3.8, 4) is 0 Å². The Bertz CT molecular complexity index is 1140. The maximum absolute atomic E-state index is 13.1. The highest BCUT2D eigenvalue weighted by Crippen LogP contribution is 2.50. The standard InChI is InChI=1S/C24H30N6O2/c1-15-21(16(2)29(4)27-15)22(31)26-20-10-19-13-30(12-18-8-6-5-7-9-18)14-24(19,11-20)23-25-17(3)28-32-23/h5-9,19-20H,10-14H2,1-4H3,(H,26,31). The van der Waals surface area contributed by atoms with Gasteiger partial charge in [0.15, 0.2) is 5.82 Å². The number of amides is 1. The SMILES string of the molecule is Cc1noc(C23CC(NC(=O)c4c(C)nn(C)c4C)CC2CN(Cc2ccccc2)C3)n1. The van der Waals surface area contributed by atoms with Crippen LogP contribution in [0.1, 0.15) is 51.9 Å². The second-order valence-electron chi connectivity index (χ2n) is 9.43. The molecule has 3 heterocycles. The molecule has 1 aliphatic heterocycles. The van der Waals surface area contributed by atoms with Gasteiger partial charge in [0.2, 0.25) is 5.89 Å². The number of hydrogen-bond acceptors (Lipinski definition) is 6. The van der Waals surface area contributed by atoms with Crippen LogP contribution in [-0.4, -0.2) is 49.9 Å². The minimum atomic E-state index is -0.229. The molecule has 3 unspecified atom stereocenters. The van der Waals surface area contributed by atoms with E-state index in [1.165, 1.54) is 5.56 Å². The Labute approximate surface area is 188 Å². The summed E-state index contributed by atoms with van der Waals surface area (Å²) in [6.45, 7) is 8.38. The van der Waals surface area contributed by atoms with E-state index >= 15 is 0 Å². The van der Waals surface area contributed by atoms with Crippen LogP contribution in [-0.2, 0) is 19.0 Å². The van der Waals surface area contributed by atoms with Gasteiger partial charge in [-0.25, -0.2) is 0 Å². The molecular weight excluding hydrogens is 404 g/mol. The topological polar surface area (TPSA) is 89.1 Å². The van der Waals surface area contributed by atoms with E-state index in [2.05, 4.69) is 49.7 Å². The first kappa shape index (κ1) is 20.9. The summed E-state index contributed by atoms with van der Waals surface area (Å²) in [4.78, 5) is 20.2. The van der Waals surface area contributed by atoms with Crippen LogP contribution < -0.4 is 5.32 Å². The van der Waals surface area contributed by atoms with Crippen LogP contribution in [0.2, 0.25) is 0 Å². The number of aryl methyl sites for hydroxylation is 3. The molecule has 1 amide bonds. The van der Waals surface area contributed by atoms with Gasteiger partial charge in [-0.3, -0.25) is 14.4 Å². The fourth-order valence-corrected chi connectivity index (χ4v) is 5.74. The maximum atomic E-state index is 13.1. The molecule has 0 bridgehead atoms. The molecule has 2 fully saturated rings. The third-order valence-electron chi connectivity index (χ3n) is 7.22. The third-order valence-corrected chi connectivity index (χ3v) is 7.22. The summed E-state index contributed by atoms with van der Waals surface area (Å²) in [6, 6.07) is 10.6. The Morgan fingerprint density at radius 1 is 1.25 bits per heavy atom. The van der Waals surface area contributed by atoms with Crippen LogP contribution in [0.25, 0.3) is 0 Å². The molecular formula is C24H30N6O2. The van der Waals surface area contributed by atoms with Crippen molar-refractivity contribution in [1.82, 2.24) is 30.1 Å². The predicted molar refractivity (Wildman–Crippen MR) is 119 cm³/mol. The molecule has 0 spiro atoms. The van der Waals surface area contributed by atoms with Gasteiger partial charge in [-0.2, -0.15) is 10.1 Å². The highest BCUT2D eigenvalue weighted by atomic mass is 16.5. The molecule has 32 heavy (non-hydrogen) atoms. The monoisotopic (exact) mass is 434 g/mol. The van der Waals surface area contributed by atoms with Crippen molar-refractivity contribution in [1.29, 1.82) is 0 Å². The molecule has 8 nitrogen and oxygen atoms in total. The highest BCUT2D eigenvalue weighted by Gasteiger charge is 2.57. The molecule has 3 aromatic rings. The largest absolute Gasteiger partial charge is 0.349 e. The van der Waals surface area contributed by atoms with E-state index in [1.54, 1.807) is 4.68 Å². The second-order valence-corrected chi connectivity index (χ2v) is 9.43. The maximum Gasteiger partial charge on any atom is 0.255 e. The average molecular weight is 435 g/mol. The van der Waals surface area contributed by atoms with Crippen LogP contribution in [0.4, 0.5) is 0 Å². The molecule has 1 aliphatic carbocycles. The number of aromatic nitrogens is 4. The van der Waals surface area contributed by atoms with Gasteiger partial charge in [-0.05, 0) is 45.1 Å². The molecule has 8 heteroatoms. The zero-order valence-corrected chi connectivity index (χ0v) is 19.1. The Kier molecular flexibility index (Phi) is 5.12. The molecule has 3 atom stereocenters. The van der Waals surface area contributed by atoms with E-state index in [4.69, 9.17) is 4.52 Å². The number of hydrogen-bond donors (Lipinski definition) is 1. The Balaban J connectivity index is 1.36. The summed E-state index contributed by atoms with van der Waals surface area (Å²) in [5, 5.41) is 11.8. The van der Waals surface area contributed by atoms with E-state index in [9.17, 15) is 4.79 Å². The van der Waals surface area contributed by atoms with Gasteiger partial charge in [0.1, 0.15) is 0 Å². The summed E-state index contributed by atoms with van der Waals surface area (Å²) in [5.41, 5.74) is 3.40. The van der Waals surface area contributed by atoms with E-state index in [-0.39, 0.29) is 17.4 Å². The normalized spacial score (nSPS) is 25.2. The number of benzene rings is 1. The van der Waals surface area contributed by atoms with Crippen molar-refractivity contribution in [3.05, 3.63) is 64.6 Å². The van der Waals surface area contributed by atoms with Crippen molar-refractivity contribution in [3.63, 3.8) is 0 Å². The molecule has 1 saturated heterocycles. The predicted octanol–water partition coefficient (Wildman–Crippen LogP) is 2.69. The first-order valence-electron chi connectivity index (χ1n) is 11.2. The van der Waals surface area contributed by atoms with Gasteiger partial charge in [-0.1, -0.05) is 35.5 Å². The van der Waals surface area contributed by atoms with Crippen LogP contribution in [0.3, 0.4) is 0 Å². The number of carbonyl (C=O) groups excluding carboxylic acids is 1. The first-order chi connectivity index (χ1) is 15.4. The van der Waals surface area contributed by atoms with Crippen molar-refractivity contribution >= 4 is 5.91 Å². The van der Waals surface area contributed by atoms with Crippen LogP contribution in [0.5, 0.6) is 0 Å². The lowest BCUT2D eigenvalue weighted by molar-refractivity contribution is 0.0932. The highest BCUT2D eigenvalue weighted by molar-refractivity contribution is 5.96. The number of carbonyl (C=O) groups is 1. The van der Waals surface area contributed by atoms with Crippen LogP contribution in [0, 0.1) is 26.7 Å². The summed E-state index contributed by atoms with van der Waals surface area (Å²) in [7, 11) is 1.87. The molecule has 168 valence electrons. The molecule has 1 saturated carbocycles. The zero-order valence-electron chi connectivity index (χ0n) is 19.1. The zero-order chi connectivity index (χ0) is 22.5. The summed E-state index contributed by atoms with van der Waals surface area (Å²) in [5.74, 6) is 1.67. The van der Waals surface area contributed by atoms with Crippen LogP contribution >= 0.6 is 0 Å². The lowest BCUT2D eigenvalue weighted by Gasteiger charge is -2.25. The quantitative estimate of drug-likeness (QED) is 0.664. The van der Waals surface area contributed by atoms with Crippen molar-refractivity contribution in [2.24, 2.45) is 13.0 Å². The molecule has 2 aromatic heterocycles. The lowest BCUT2D eigenvalue weighted by atomic mass is 9.80. The van der Waals surface area contributed by atoms with Crippen molar-refractivity contribution in [2.75, 3.05) is 13.1 Å². The average Bonchev–Trinajstić information content (AvgIpc) is 3.46. The summed E-state index contributed by atoms with van der Waals surface area (Å²) >= 11 is 0. The molecule has 1 aromatic carbocycles. The smallest absolute Gasteiger partial charge is 0.255 e.